The van der Waals surface area contributed by atoms with Gasteiger partial charge in [-0.2, -0.15) is 0 Å². The van der Waals surface area contributed by atoms with Crippen molar-refractivity contribution >= 4 is 23.6 Å². The van der Waals surface area contributed by atoms with E-state index >= 15 is 0 Å². The van der Waals surface area contributed by atoms with Crippen LogP contribution < -0.4 is 10.1 Å². The number of amides is 1. The molecule has 1 unspecified atom stereocenters. The zero-order chi connectivity index (χ0) is 15.2. The SMILES string of the molecule is COc1ccc(SCC(=O)NC(CC2CC2)C(=O)O)cc1. The van der Waals surface area contributed by atoms with Gasteiger partial charge >= 0.3 is 5.97 Å². The molecule has 0 aliphatic heterocycles. The molecule has 1 saturated carbocycles. The minimum atomic E-state index is -0.954. The van der Waals surface area contributed by atoms with Crippen LogP contribution in [-0.2, 0) is 9.59 Å². The van der Waals surface area contributed by atoms with E-state index in [0.717, 1.165) is 23.5 Å². The maximum Gasteiger partial charge on any atom is 0.326 e. The summed E-state index contributed by atoms with van der Waals surface area (Å²) in [6.07, 6.45) is 2.68. The van der Waals surface area contributed by atoms with Gasteiger partial charge in [0, 0.05) is 4.90 Å². The predicted molar refractivity (Wildman–Crippen MR) is 80.6 cm³/mol. The van der Waals surface area contributed by atoms with Crippen molar-refractivity contribution in [1.29, 1.82) is 0 Å². The van der Waals surface area contributed by atoms with Gasteiger partial charge in [-0.3, -0.25) is 4.79 Å². The number of carbonyl (C=O) groups is 2. The molecule has 0 bridgehead atoms. The second-order valence-electron chi connectivity index (χ2n) is 5.10. The largest absolute Gasteiger partial charge is 0.497 e. The van der Waals surface area contributed by atoms with Gasteiger partial charge in [-0.25, -0.2) is 4.79 Å². The number of carbonyl (C=O) groups excluding carboxylic acids is 1. The van der Waals surface area contributed by atoms with Crippen LogP contribution in [0.2, 0.25) is 0 Å². The molecular weight excluding hydrogens is 290 g/mol. The highest BCUT2D eigenvalue weighted by molar-refractivity contribution is 8.00. The molecule has 5 nitrogen and oxygen atoms in total. The van der Waals surface area contributed by atoms with E-state index in [2.05, 4.69) is 5.32 Å². The summed E-state index contributed by atoms with van der Waals surface area (Å²) in [5.74, 6) is 0.231. The fourth-order valence-electron chi connectivity index (χ4n) is 1.97. The molecule has 0 spiro atoms. The molecule has 1 atom stereocenters. The first-order valence-electron chi connectivity index (χ1n) is 6.87. The Hall–Kier alpha value is -1.69. The zero-order valence-corrected chi connectivity index (χ0v) is 12.7. The van der Waals surface area contributed by atoms with Gasteiger partial charge in [-0.05, 0) is 36.6 Å². The summed E-state index contributed by atoms with van der Waals surface area (Å²) in [5.41, 5.74) is 0. The lowest BCUT2D eigenvalue weighted by molar-refractivity contribution is -0.141. The van der Waals surface area contributed by atoms with Gasteiger partial charge in [-0.1, -0.05) is 12.8 Å². The van der Waals surface area contributed by atoms with Gasteiger partial charge in [0.05, 0.1) is 12.9 Å². The van der Waals surface area contributed by atoms with Crippen molar-refractivity contribution in [2.75, 3.05) is 12.9 Å². The number of rotatable bonds is 8. The third kappa shape index (κ3) is 5.30. The molecule has 0 aromatic heterocycles. The molecule has 2 N–H and O–H groups in total. The summed E-state index contributed by atoms with van der Waals surface area (Å²) in [6.45, 7) is 0. The van der Waals surface area contributed by atoms with Crippen molar-refractivity contribution in [2.24, 2.45) is 5.92 Å². The Morgan fingerprint density at radius 1 is 1.38 bits per heavy atom. The highest BCUT2D eigenvalue weighted by atomic mass is 32.2. The first-order valence-corrected chi connectivity index (χ1v) is 7.86. The highest BCUT2D eigenvalue weighted by Crippen LogP contribution is 2.33. The van der Waals surface area contributed by atoms with Gasteiger partial charge < -0.3 is 15.2 Å². The van der Waals surface area contributed by atoms with Crippen LogP contribution in [0, 0.1) is 5.92 Å². The van der Waals surface area contributed by atoms with Crippen LogP contribution in [0.1, 0.15) is 19.3 Å². The van der Waals surface area contributed by atoms with E-state index in [4.69, 9.17) is 9.84 Å². The van der Waals surface area contributed by atoms with Crippen molar-refractivity contribution in [3.05, 3.63) is 24.3 Å². The molecule has 2 rings (SSSR count). The molecule has 0 radical (unpaired) electrons. The average molecular weight is 309 g/mol. The van der Waals surface area contributed by atoms with Crippen molar-refractivity contribution in [3.8, 4) is 5.75 Å². The molecule has 1 aromatic rings. The molecular formula is C15H19NO4S. The first kappa shape index (κ1) is 15.7. The van der Waals surface area contributed by atoms with Crippen molar-refractivity contribution < 1.29 is 19.4 Å². The standard InChI is InChI=1S/C15H19NO4S/c1-20-11-4-6-12(7-5-11)21-9-14(17)16-13(15(18)19)8-10-2-3-10/h4-7,10,13H,2-3,8-9H2,1H3,(H,16,17)(H,18,19). The number of aliphatic carboxylic acids is 1. The van der Waals surface area contributed by atoms with E-state index in [1.165, 1.54) is 11.8 Å². The Morgan fingerprint density at radius 2 is 2.05 bits per heavy atom. The van der Waals surface area contributed by atoms with Crippen molar-refractivity contribution in [2.45, 2.75) is 30.2 Å². The number of ether oxygens (including phenoxy) is 1. The molecule has 1 fully saturated rings. The Kier molecular flexibility index (Phi) is 5.50. The summed E-state index contributed by atoms with van der Waals surface area (Å²) in [7, 11) is 1.60. The smallest absolute Gasteiger partial charge is 0.326 e. The molecule has 21 heavy (non-hydrogen) atoms. The lowest BCUT2D eigenvalue weighted by Gasteiger charge is -2.13. The van der Waals surface area contributed by atoms with Crippen LogP contribution in [0.15, 0.2) is 29.2 Å². The van der Waals surface area contributed by atoms with Crippen LogP contribution in [0.5, 0.6) is 5.75 Å². The predicted octanol–water partition coefficient (Wildman–Crippen LogP) is 2.16. The van der Waals surface area contributed by atoms with E-state index in [1.807, 2.05) is 24.3 Å². The summed E-state index contributed by atoms with van der Waals surface area (Å²) in [5, 5.41) is 11.7. The Morgan fingerprint density at radius 3 is 2.57 bits per heavy atom. The number of hydrogen-bond acceptors (Lipinski definition) is 4. The van der Waals surface area contributed by atoms with Crippen LogP contribution in [0.25, 0.3) is 0 Å². The molecule has 1 aliphatic rings. The quantitative estimate of drug-likeness (QED) is 0.720. The number of carboxylic acids is 1. The topological polar surface area (TPSA) is 75.6 Å². The highest BCUT2D eigenvalue weighted by Gasteiger charge is 2.30. The second kappa shape index (κ2) is 7.36. The van der Waals surface area contributed by atoms with E-state index in [0.29, 0.717) is 12.3 Å². The fourth-order valence-corrected chi connectivity index (χ4v) is 2.67. The number of benzene rings is 1. The third-order valence-corrected chi connectivity index (χ3v) is 4.34. The minimum Gasteiger partial charge on any atom is -0.497 e. The summed E-state index contributed by atoms with van der Waals surface area (Å²) < 4.78 is 5.06. The zero-order valence-electron chi connectivity index (χ0n) is 11.9. The number of thioether (sulfide) groups is 1. The number of hydrogen-bond donors (Lipinski definition) is 2. The van der Waals surface area contributed by atoms with Gasteiger partial charge in [-0.15, -0.1) is 11.8 Å². The van der Waals surface area contributed by atoms with Gasteiger partial charge in [0.15, 0.2) is 0 Å². The summed E-state index contributed by atoms with van der Waals surface area (Å²) >= 11 is 1.38. The monoisotopic (exact) mass is 309 g/mol. The molecule has 114 valence electrons. The van der Waals surface area contributed by atoms with E-state index in [-0.39, 0.29) is 11.7 Å². The first-order chi connectivity index (χ1) is 10.1. The van der Waals surface area contributed by atoms with Gasteiger partial charge in [0.25, 0.3) is 0 Å². The molecule has 0 saturated heterocycles. The Bertz CT molecular complexity index is 499. The van der Waals surface area contributed by atoms with Crippen molar-refractivity contribution in [1.82, 2.24) is 5.32 Å². The van der Waals surface area contributed by atoms with E-state index in [1.54, 1.807) is 7.11 Å². The Balaban J connectivity index is 1.78. The van der Waals surface area contributed by atoms with E-state index < -0.39 is 12.0 Å². The van der Waals surface area contributed by atoms with Crippen LogP contribution in [0.4, 0.5) is 0 Å². The number of nitrogens with one attached hydrogen (secondary N) is 1. The van der Waals surface area contributed by atoms with Crippen LogP contribution >= 0.6 is 11.8 Å². The van der Waals surface area contributed by atoms with Crippen LogP contribution in [0.3, 0.4) is 0 Å². The van der Waals surface area contributed by atoms with Gasteiger partial charge in [0.2, 0.25) is 5.91 Å². The second-order valence-corrected chi connectivity index (χ2v) is 6.15. The lowest BCUT2D eigenvalue weighted by atomic mass is 10.1. The molecule has 6 heteroatoms. The average Bonchev–Trinajstić information content (AvgIpc) is 3.29. The van der Waals surface area contributed by atoms with Crippen molar-refractivity contribution in [3.63, 3.8) is 0 Å². The molecule has 1 aliphatic carbocycles. The van der Waals surface area contributed by atoms with Crippen LogP contribution in [-0.4, -0.2) is 35.9 Å². The Labute approximate surface area is 128 Å². The lowest BCUT2D eigenvalue weighted by Crippen LogP contribution is -2.41. The fraction of sp³-hybridized carbons (Fsp3) is 0.467. The summed E-state index contributed by atoms with van der Waals surface area (Å²) in [6, 6.07) is 6.63. The van der Waals surface area contributed by atoms with Gasteiger partial charge in [0.1, 0.15) is 11.8 Å². The maximum atomic E-state index is 11.8. The number of methoxy groups -OCH3 is 1. The molecule has 0 heterocycles. The van der Waals surface area contributed by atoms with E-state index in [9.17, 15) is 9.59 Å². The third-order valence-electron chi connectivity index (χ3n) is 3.33. The minimum absolute atomic E-state index is 0.209. The number of carboxylic acid groups (broad SMARTS) is 1. The maximum absolute atomic E-state index is 11.8. The molecule has 1 aromatic carbocycles. The molecule has 1 amide bonds. The normalized spacial score (nSPS) is 15.3. The summed E-state index contributed by atoms with van der Waals surface area (Å²) in [4.78, 5) is 23.9.